The zero-order valence-corrected chi connectivity index (χ0v) is 13.8. The van der Waals surface area contributed by atoms with Crippen molar-refractivity contribution < 1.29 is 18.4 Å². The standard InChI is InChI=1S/C18H20FN3O3/c19-14-5-3-12(4-6-14)15-10-21-16(25-15)7-8-17(23)22-9-1-2-13(11-22)18(20)24/h3-6,10,13H,1-2,7-9,11H2,(H2,20,24)/t13-/m1/s1. The normalized spacial score (nSPS) is 17.5. The lowest BCUT2D eigenvalue weighted by Crippen LogP contribution is -2.44. The molecule has 0 aliphatic carbocycles. The Morgan fingerprint density at radius 2 is 2.08 bits per heavy atom. The highest BCUT2D eigenvalue weighted by Gasteiger charge is 2.26. The summed E-state index contributed by atoms with van der Waals surface area (Å²) < 4.78 is 18.6. The Bertz CT molecular complexity index is 757. The van der Waals surface area contributed by atoms with Crippen LogP contribution in [0.1, 0.15) is 25.2 Å². The first kappa shape index (κ1) is 17.1. The van der Waals surface area contributed by atoms with E-state index >= 15 is 0 Å². The zero-order chi connectivity index (χ0) is 17.8. The van der Waals surface area contributed by atoms with Gasteiger partial charge in [0.2, 0.25) is 11.8 Å². The minimum Gasteiger partial charge on any atom is -0.441 e. The maximum absolute atomic E-state index is 13.0. The lowest BCUT2D eigenvalue weighted by molar-refractivity contribution is -0.135. The highest BCUT2D eigenvalue weighted by atomic mass is 19.1. The van der Waals surface area contributed by atoms with E-state index < -0.39 is 0 Å². The van der Waals surface area contributed by atoms with Crippen molar-refractivity contribution in [3.8, 4) is 11.3 Å². The molecule has 1 aliphatic heterocycles. The minimum absolute atomic E-state index is 0.0347. The number of hydrogen-bond donors (Lipinski definition) is 1. The molecule has 1 fully saturated rings. The van der Waals surface area contributed by atoms with Crippen LogP contribution in [0.2, 0.25) is 0 Å². The number of nitrogens with zero attached hydrogens (tertiary/aromatic N) is 2. The van der Waals surface area contributed by atoms with Crippen molar-refractivity contribution in [1.82, 2.24) is 9.88 Å². The predicted molar refractivity (Wildman–Crippen MR) is 88.7 cm³/mol. The van der Waals surface area contributed by atoms with Gasteiger partial charge in [-0.1, -0.05) is 0 Å². The number of oxazole rings is 1. The molecule has 0 bridgehead atoms. The number of aryl methyl sites for hydroxylation is 1. The SMILES string of the molecule is NC(=O)[C@@H]1CCCN(C(=O)CCc2ncc(-c3ccc(F)cc3)o2)C1. The van der Waals surface area contributed by atoms with Gasteiger partial charge in [-0.05, 0) is 37.1 Å². The molecule has 1 aliphatic rings. The summed E-state index contributed by atoms with van der Waals surface area (Å²) in [5, 5.41) is 0. The summed E-state index contributed by atoms with van der Waals surface area (Å²) in [5.41, 5.74) is 6.07. The van der Waals surface area contributed by atoms with Crippen molar-refractivity contribution in [3.05, 3.63) is 42.2 Å². The third-order valence-corrected chi connectivity index (χ3v) is 4.41. The van der Waals surface area contributed by atoms with E-state index in [0.29, 0.717) is 31.2 Å². The lowest BCUT2D eigenvalue weighted by Gasteiger charge is -2.31. The molecule has 2 aromatic rings. The van der Waals surface area contributed by atoms with Crippen LogP contribution in [0.15, 0.2) is 34.9 Å². The maximum Gasteiger partial charge on any atom is 0.223 e. The van der Waals surface area contributed by atoms with Crippen LogP contribution in [0, 0.1) is 11.7 Å². The van der Waals surface area contributed by atoms with Crippen LogP contribution in [0.5, 0.6) is 0 Å². The van der Waals surface area contributed by atoms with E-state index in [9.17, 15) is 14.0 Å². The highest BCUT2D eigenvalue weighted by molar-refractivity contribution is 5.80. The Labute approximate surface area is 144 Å². The Hall–Kier alpha value is -2.70. The Balaban J connectivity index is 1.56. The molecule has 2 heterocycles. The largest absolute Gasteiger partial charge is 0.441 e. The molecule has 1 aromatic heterocycles. The summed E-state index contributed by atoms with van der Waals surface area (Å²) in [6, 6.07) is 5.93. The molecule has 2 N–H and O–H groups in total. The van der Waals surface area contributed by atoms with Gasteiger partial charge in [0.15, 0.2) is 11.7 Å². The number of hydrogen-bond acceptors (Lipinski definition) is 4. The van der Waals surface area contributed by atoms with E-state index in [0.717, 1.165) is 18.4 Å². The zero-order valence-electron chi connectivity index (χ0n) is 13.8. The molecule has 1 saturated heterocycles. The predicted octanol–water partition coefficient (Wildman–Crippen LogP) is 2.14. The monoisotopic (exact) mass is 345 g/mol. The molecule has 1 aromatic carbocycles. The second-order valence-electron chi connectivity index (χ2n) is 6.21. The molecular formula is C18H20FN3O3. The number of carbonyl (C=O) groups is 2. The molecule has 132 valence electrons. The van der Waals surface area contributed by atoms with Gasteiger partial charge in [0.1, 0.15) is 5.82 Å². The number of rotatable bonds is 5. The van der Waals surface area contributed by atoms with Gasteiger partial charge in [-0.15, -0.1) is 0 Å². The third kappa shape index (κ3) is 4.23. The maximum atomic E-state index is 13.0. The van der Waals surface area contributed by atoms with Gasteiger partial charge in [-0.2, -0.15) is 0 Å². The molecule has 6 nitrogen and oxygen atoms in total. The summed E-state index contributed by atoms with van der Waals surface area (Å²) in [7, 11) is 0. The van der Waals surface area contributed by atoms with Crippen molar-refractivity contribution >= 4 is 11.8 Å². The summed E-state index contributed by atoms with van der Waals surface area (Å²) in [6.45, 7) is 1.04. The van der Waals surface area contributed by atoms with Crippen molar-refractivity contribution in [2.24, 2.45) is 11.7 Å². The molecular weight excluding hydrogens is 325 g/mol. The van der Waals surface area contributed by atoms with E-state index in [4.69, 9.17) is 10.2 Å². The molecule has 0 spiro atoms. The molecule has 1 atom stereocenters. The fourth-order valence-corrected chi connectivity index (χ4v) is 2.98. The number of likely N-dealkylation sites (tertiary alicyclic amines) is 1. The van der Waals surface area contributed by atoms with Crippen molar-refractivity contribution in [3.63, 3.8) is 0 Å². The molecule has 0 radical (unpaired) electrons. The van der Waals surface area contributed by atoms with Crippen LogP contribution in [0.3, 0.4) is 0 Å². The third-order valence-electron chi connectivity index (χ3n) is 4.41. The number of primary amides is 1. The first-order valence-electron chi connectivity index (χ1n) is 8.30. The molecule has 3 rings (SSSR count). The molecule has 0 saturated carbocycles. The number of benzene rings is 1. The Morgan fingerprint density at radius 1 is 1.32 bits per heavy atom. The lowest BCUT2D eigenvalue weighted by atomic mass is 9.97. The highest BCUT2D eigenvalue weighted by Crippen LogP contribution is 2.22. The fourth-order valence-electron chi connectivity index (χ4n) is 2.98. The second-order valence-corrected chi connectivity index (χ2v) is 6.21. The van der Waals surface area contributed by atoms with Gasteiger partial charge in [0, 0.05) is 31.5 Å². The topological polar surface area (TPSA) is 89.4 Å². The quantitative estimate of drug-likeness (QED) is 0.899. The van der Waals surface area contributed by atoms with E-state index in [1.807, 2.05) is 0 Å². The Kier molecular flexibility index (Phi) is 5.11. The first-order chi connectivity index (χ1) is 12.0. The van der Waals surface area contributed by atoms with Gasteiger partial charge >= 0.3 is 0 Å². The summed E-state index contributed by atoms with van der Waals surface area (Å²) in [4.78, 5) is 29.5. The van der Waals surface area contributed by atoms with Gasteiger partial charge in [-0.3, -0.25) is 9.59 Å². The number of aromatic nitrogens is 1. The molecule has 0 unspecified atom stereocenters. The van der Waals surface area contributed by atoms with E-state index in [-0.39, 0.29) is 30.0 Å². The van der Waals surface area contributed by atoms with E-state index in [2.05, 4.69) is 4.98 Å². The van der Waals surface area contributed by atoms with Gasteiger partial charge < -0.3 is 15.1 Å². The van der Waals surface area contributed by atoms with E-state index in [1.165, 1.54) is 12.1 Å². The van der Waals surface area contributed by atoms with Crippen LogP contribution >= 0.6 is 0 Å². The summed E-state index contributed by atoms with van der Waals surface area (Å²) in [6.07, 6.45) is 3.72. The fraction of sp³-hybridized carbons (Fsp3) is 0.389. The molecule has 7 heteroatoms. The molecule has 2 amide bonds. The van der Waals surface area contributed by atoms with Gasteiger partial charge in [0.05, 0.1) is 12.1 Å². The van der Waals surface area contributed by atoms with Crippen LogP contribution in [0.25, 0.3) is 11.3 Å². The van der Waals surface area contributed by atoms with Gasteiger partial charge in [0.25, 0.3) is 0 Å². The summed E-state index contributed by atoms with van der Waals surface area (Å²) in [5.74, 6) is 0.0290. The number of nitrogens with two attached hydrogens (primary N) is 1. The average Bonchev–Trinajstić information content (AvgIpc) is 3.09. The van der Waals surface area contributed by atoms with Crippen LogP contribution < -0.4 is 5.73 Å². The van der Waals surface area contributed by atoms with Gasteiger partial charge in [-0.25, -0.2) is 9.37 Å². The van der Waals surface area contributed by atoms with Crippen LogP contribution in [-0.2, 0) is 16.0 Å². The number of halogens is 1. The van der Waals surface area contributed by atoms with Crippen molar-refractivity contribution in [2.75, 3.05) is 13.1 Å². The first-order valence-corrected chi connectivity index (χ1v) is 8.30. The number of piperidine rings is 1. The molecule has 25 heavy (non-hydrogen) atoms. The second kappa shape index (κ2) is 7.46. The number of amides is 2. The summed E-state index contributed by atoms with van der Waals surface area (Å²) >= 11 is 0. The van der Waals surface area contributed by atoms with Crippen molar-refractivity contribution in [1.29, 1.82) is 0 Å². The van der Waals surface area contributed by atoms with Crippen molar-refractivity contribution in [2.45, 2.75) is 25.7 Å². The van der Waals surface area contributed by atoms with Crippen LogP contribution in [0.4, 0.5) is 4.39 Å². The minimum atomic E-state index is -0.353. The van der Waals surface area contributed by atoms with E-state index in [1.54, 1.807) is 23.2 Å². The average molecular weight is 345 g/mol. The smallest absolute Gasteiger partial charge is 0.223 e. The Morgan fingerprint density at radius 3 is 2.80 bits per heavy atom. The number of carbonyl (C=O) groups excluding carboxylic acids is 2. The van der Waals surface area contributed by atoms with Crippen LogP contribution in [-0.4, -0.2) is 34.8 Å².